The van der Waals surface area contributed by atoms with Crippen LogP contribution < -0.4 is 15.2 Å². The number of ether oxygens (including phenoxy) is 1. The number of anilines is 1. The van der Waals surface area contributed by atoms with Gasteiger partial charge in [-0.15, -0.1) is 0 Å². The number of hydrogen-bond donors (Lipinski definition) is 1. The molecule has 2 aromatic carbocycles. The van der Waals surface area contributed by atoms with Crippen LogP contribution >= 0.6 is 0 Å². The number of rotatable bonds is 5. The van der Waals surface area contributed by atoms with Crippen molar-refractivity contribution in [3.8, 4) is 5.75 Å². The standard InChI is InChI=1S/C21H24N2O/c1-16-11-18(9-10-21(16)24-15-17-7-8-17)12-19-13-22-23(14-19)20-5-3-2-4-6-20/h2-6,9-12,17,22H,7-8,13-15H2,1H3. The molecule has 0 amide bonds. The fourth-order valence-electron chi connectivity index (χ4n) is 3.05. The maximum absolute atomic E-state index is 5.92. The zero-order valence-corrected chi connectivity index (χ0v) is 14.2. The van der Waals surface area contributed by atoms with Crippen molar-refractivity contribution in [3.05, 3.63) is 65.2 Å². The summed E-state index contributed by atoms with van der Waals surface area (Å²) < 4.78 is 5.92. The molecule has 0 aromatic heterocycles. The molecule has 1 aliphatic carbocycles. The Kier molecular flexibility index (Phi) is 4.26. The fraction of sp³-hybridized carbons (Fsp3) is 0.333. The van der Waals surface area contributed by atoms with Crippen LogP contribution in [0, 0.1) is 12.8 Å². The molecule has 2 fully saturated rings. The Hall–Kier alpha value is -2.26. The third-order valence-corrected chi connectivity index (χ3v) is 4.67. The highest BCUT2D eigenvalue weighted by atomic mass is 16.5. The largest absolute Gasteiger partial charge is 0.493 e. The number of hydrogen-bond acceptors (Lipinski definition) is 3. The normalized spacial score (nSPS) is 19.0. The SMILES string of the molecule is Cc1cc(C=C2CNN(c3ccccc3)C2)ccc1OCC1CC1. The molecule has 4 rings (SSSR count). The Morgan fingerprint density at radius 2 is 2.00 bits per heavy atom. The van der Waals surface area contributed by atoms with Crippen LogP contribution in [0.1, 0.15) is 24.0 Å². The molecule has 0 atom stereocenters. The lowest BCUT2D eigenvalue weighted by Gasteiger charge is -2.16. The van der Waals surface area contributed by atoms with E-state index in [2.05, 4.69) is 65.9 Å². The van der Waals surface area contributed by atoms with Gasteiger partial charge in [-0.2, -0.15) is 0 Å². The second-order valence-corrected chi connectivity index (χ2v) is 6.84. The van der Waals surface area contributed by atoms with Crippen molar-refractivity contribution >= 4 is 11.8 Å². The van der Waals surface area contributed by atoms with E-state index in [1.54, 1.807) is 0 Å². The van der Waals surface area contributed by atoms with E-state index in [0.717, 1.165) is 31.4 Å². The highest BCUT2D eigenvalue weighted by Crippen LogP contribution is 2.30. The van der Waals surface area contributed by atoms with Crippen molar-refractivity contribution in [1.82, 2.24) is 5.43 Å². The summed E-state index contributed by atoms with van der Waals surface area (Å²) in [5.41, 5.74) is 8.52. The molecule has 3 heteroatoms. The molecule has 3 nitrogen and oxygen atoms in total. The summed E-state index contributed by atoms with van der Waals surface area (Å²) in [6, 6.07) is 16.9. The third-order valence-electron chi connectivity index (χ3n) is 4.67. The first-order valence-electron chi connectivity index (χ1n) is 8.77. The molecule has 0 radical (unpaired) electrons. The molecular weight excluding hydrogens is 296 g/mol. The van der Waals surface area contributed by atoms with Gasteiger partial charge in [0.05, 0.1) is 18.8 Å². The zero-order chi connectivity index (χ0) is 16.4. The average molecular weight is 320 g/mol. The van der Waals surface area contributed by atoms with Crippen molar-refractivity contribution in [2.75, 3.05) is 24.7 Å². The molecule has 1 saturated carbocycles. The van der Waals surface area contributed by atoms with Gasteiger partial charge in [0.25, 0.3) is 0 Å². The van der Waals surface area contributed by atoms with Gasteiger partial charge in [-0.25, -0.2) is 5.43 Å². The predicted molar refractivity (Wildman–Crippen MR) is 99.2 cm³/mol. The van der Waals surface area contributed by atoms with Gasteiger partial charge in [-0.05, 0) is 66.6 Å². The van der Waals surface area contributed by atoms with E-state index < -0.39 is 0 Å². The smallest absolute Gasteiger partial charge is 0.122 e. The highest BCUT2D eigenvalue weighted by molar-refractivity contribution is 5.59. The van der Waals surface area contributed by atoms with Gasteiger partial charge >= 0.3 is 0 Å². The minimum atomic E-state index is 0.791. The predicted octanol–water partition coefficient (Wildman–Crippen LogP) is 4.19. The van der Waals surface area contributed by atoms with Gasteiger partial charge in [-0.3, -0.25) is 0 Å². The molecule has 1 aliphatic heterocycles. The van der Waals surface area contributed by atoms with Gasteiger partial charge < -0.3 is 9.75 Å². The lowest BCUT2D eigenvalue weighted by molar-refractivity contribution is 0.298. The minimum Gasteiger partial charge on any atom is -0.493 e. The first-order valence-corrected chi connectivity index (χ1v) is 8.77. The summed E-state index contributed by atoms with van der Waals surface area (Å²) in [6.45, 7) is 4.82. The molecule has 1 N–H and O–H groups in total. The molecule has 2 aromatic rings. The number of nitrogens with one attached hydrogen (secondary N) is 1. The van der Waals surface area contributed by atoms with E-state index in [1.165, 1.54) is 35.2 Å². The van der Waals surface area contributed by atoms with E-state index in [9.17, 15) is 0 Å². The van der Waals surface area contributed by atoms with E-state index in [1.807, 2.05) is 6.07 Å². The summed E-state index contributed by atoms with van der Waals surface area (Å²) in [6.07, 6.45) is 4.94. The maximum Gasteiger partial charge on any atom is 0.122 e. The van der Waals surface area contributed by atoms with Crippen LogP contribution in [0.5, 0.6) is 5.75 Å². The van der Waals surface area contributed by atoms with Crippen molar-refractivity contribution in [2.45, 2.75) is 19.8 Å². The maximum atomic E-state index is 5.92. The molecule has 2 aliphatic rings. The van der Waals surface area contributed by atoms with Gasteiger partial charge in [0.2, 0.25) is 0 Å². The molecule has 124 valence electrons. The van der Waals surface area contributed by atoms with E-state index in [-0.39, 0.29) is 0 Å². The minimum absolute atomic E-state index is 0.791. The number of hydrazine groups is 1. The molecule has 0 spiro atoms. The summed E-state index contributed by atoms with van der Waals surface area (Å²) in [4.78, 5) is 0. The first kappa shape index (κ1) is 15.3. The van der Waals surface area contributed by atoms with Crippen molar-refractivity contribution in [2.24, 2.45) is 5.92 Å². The van der Waals surface area contributed by atoms with Gasteiger partial charge in [0.15, 0.2) is 0 Å². The molecule has 1 saturated heterocycles. The monoisotopic (exact) mass is 320 g/mol. The molecule has 1 heterocycles. The van der Waals surface area contributed by atoms with Gasteiger partial charge in [0.1, 0.15) is 5.75 Å². The van der Waals surface area contributed by atoms with Crippen LogP contribution in [0.15, 0.2) is 54.1 Å². The Bertz CT molecular complexity index is 735. The molecule has 24 heavy (non-hydrogen) atoms. The van der Waals surface area contributed by atoms with Crippen LogP contribution in [0.25, 0.3) is 6.08 Å². The van der Waals surface area contributed by atoms with Gasteiger partial charge in [-0.1, -0.05) is 30.3 Å². The Labute approximate surface area is 143 Å². The lowest BCUT2D eigenvalue weighted by Crippen LogP contribution is -2.30. The summed E-state index contributed by atoms with van der Waals surface area (Å²) in [5.74, 6) is 1.82. The Balaban J connectivity index is 1.42. The van der Waals surface area contributed by atoms with Crippen LogP contribution in [0.4, 0.5) is 5.69 Å². The number of benzene rings is 2. The second-order valence-electron chi connectivity index (χ2n) is 6.84. The van der Waals surface area contributed by atoms with E-state index in [4.69, 9.17) is 4.74 Å². The lowest BCUT2D eigenvalue weighted by atomic mass is 10.1. The Morgan fingerprint density at radius 1 is 1.17 bits per heavy atom. The second kappa shape index (κ2) is 6.70. The highest BCUT2D eigenvalue weighted by Gasteiger charge is 2.22. The summed E-state index contributed by atoms with van der Waals surface area (Å²) >= 11 is 0. The summed E-state index contributed by atoms with van der Waals surface area (Å²) in [5, 5.41) is 2.20. The Morgan fingerprint density at radius 3 is 2.75 bits per heavy atom. The molecular formula is C21H24N2O. The fourth-order valence-corrected chi connectivity index (χ4v) is 3.05. The topological polar surface area (TPSA) is 24.5 Å². The van der Waals surface area contributed by atoms with Gasteiger partial charge in [0, 0.05) is 6.54 Å². The van der Waals surface area contributed by atoms with Crippen LogP contribution in [-0.4, -0.2) is 19.7 Å². The van der Waals surface area contributed by atoms with Crippen LogP contribution in [0.2, 0.25) is 0 Å². The van der Waals surface area contributed by atoms with Crippen LogP contribution in [0.3, 0.4) is 0 Å². The quantitative estimate of drug-likeness (QED) is 0.894. The third kappa shape index (κ3) is 3.62. The van der Waals surface area contributed by atoms with Crippen molar-refractivity contribution in [1.29, 1.82) is 0 Å². The number of nitrogens with zero attached hydrogens (tertiary/aromatic N) is 1. The van der Waals surface area contributed by atoms with Crippen molar-refractivity contribution in [3.63, 3.8) is 0 Å². The van der Waals surface area contributed by atoms with Crippen molar-refractivity contribution < 1.29 is 4.74 Å². The number of aryl methyl sites for hydroxylation is 1. The summed E-state index contributed by atoms with van der Waals surface area (Å²) in [7, 11) is 0. The molecule has 0 unspecified atom stereocenters. The van der Waals surface area contributed by atoms with Crippen LogP contribution in [-0.2, 0) is 0 Å². The van der Waals surface area contributed by atoms with E-state index >= 15 is 0 Å². The average Bonchev–Trinajstić information content (AvgIpc) is 3.32. The zero-order valence-electron chi connectivity index (χ0n) is 14.2. The first-order chi connectivity index (χ1) is 11.8. The van der Waals surface area contributed by atoms with E-state index in [0.29, 0.717) is 0 Å². The molecule has 0 bridgehead atoms. The number of para-hydroxylation sites is 1.